The molecular formula is C25H32N2O3S. The summed E-state index contributed by atoms with van der Waals surface area (Å²) in [6.07, 6.45) is 7.39. The van der Waals surface area contributed by atoms with Crippen LogP contribution in [0.5, 0.6) is 0 Å². The lowest BCUT2D eigenvalue weighted by Gasteiger charge is -2.26. The van der Waals surface area contributed by atoms with Crippen LogP contribution in [-0.4, -0.2) is 38.3 Å². The van der Waals surface area contributed by atoms with Gasteiger partial charge < -0.3 is 5.32 Å². The fourth-order valence-corrected chi connectivity index (χ4v) is 6.25. The van der Waals surface area contributed by atoms with Crippen LogP contribution in [0.2, 0.25) is 0 Å². The summed E-state index contributed by atoms with van der Waals surface area (Å²) in [5.41, 5.74) is 3.77. The number of benzene rings is 2. The van der Waals surface area contributed by atoms with Crippen molar-refractivity contribution in [2.24, 2.45) is 0 Å². The Hall–Kier alpha value is -2.18. The molecule has 0 radical (unpaired) electrons. The van der Waals surface area contributed by atoms with Gasteiger partial charge in [-0.1, -0.05) is 42.8 Å². The summed E-state index contributed by atoms with van der Waals surface area (Å²) in [5, 5.41) is 3.10. The zero-order valence-electron chi connectivity index (χ0n) is 18.1. The highest BCUT2D eigenvalue weighted by Gasteiger charge is 2.25. The number of carbonyl (C=O) groups excluding carboxylic acids is 1. The van der Waals surface area contributed by atoms with E-state index >= 15 is 0 Å². The zero-order valence-corrected chi connectivity index (χ0v) is 18.9. The molecule has 1 aliphatic carbocycles. The number of sulfonamides is 1. The standard InChI is InChI=1S/C25H32N2O3S/c28-25(26-19-22-9-6-8-21-7-2-3-10-24(21)22)16-13-20-11-14-23(15-12-20)31(29,30)27-17-4-1-5-18-27/h2-3,7,10-12,14-15,22H,1,4-6,8-9,13,16-19H2,(H,26,28). The van der Waals surface area contributed by atoms with Crippen LogP contribution < -0.4 is 5.32 Å². The van der Waals surface area contributed by atoms with E-state index in [-0.39, 0.29) is 5.91 Å². The smallest absolute Gasteiger partial charge is 0.243 e. The fraction of sp³-hybridized carbons (Fsp3) is 0.480. The Kier molecular flexibility index (Phi) is 7.08. The van der Waals surface area contributed by atoms with Crippen LogP contribution >= 0.6 is 0 Å². The molecule has 1 N–H and O–H groups in total. The van der Waals surface area contributed by atoms with Crippen molar-refractivity contribution in [2.75, 3.05) is 19.6 Å². The third-order valence-corrected chi connectivity index (χ3v) is 8.47. The van der Waals surface area contributed by atoms with Crippen molar-refractivity contribution >= 4 is 15.9 Å². The van der Waals surface area contributed by atoms with Crippen molar-refractivity contribution in [3.8, 4) is 0 Å². The number of aryl methyl sites for hydroxylation is 2. The minimum atomic E-state index is -3.40. The predicted molar refractivity (Wildman–Crippen MR) is 123 cm³/mol. The van der Waals surface area contributed by atoms with Gasteiger partial charge in [-0.05, 0) is 67.3 Å². The third kappa shape index (κ3) is 5.36. The number of hydrogen-bond donors (Lipinski definition) is 1. The number of nitrogens with zero attached hydrogens (tertiary/aromatic N) is 1. The molecule has 2 aromatic carbocycles. The van der Waals surface area contributed by atoms with E-state index in [1.807, 2.05) is 12.1 Å². The molecule has 2 aromatic rings. The predicted octanol–water partition coefficient (Wildman–Crippen LogP) is 4.03. The van der Waals surface area contributed by atoms with Crippen LogP contribution in [-0.2, 0) is 27.7 Å². The van der Waals surface area contributed by atoms with Gasteiger partial charge in [0.1, 0.15) is 0 Å². The van der Waals surface area contributed by atoms with E-state index in [2.05, 4.69) is 29.6 Å². The van der Waals surface area contributed by atoms with Crippen LogP contribution in [0.1, 0.15) is 61.1 Å². The molecule has 4 rings (SSSR count). The Labute approximate surface area is 185 Å². The highest BCUT2D eigenvalue weighted by atomic mass is 32.2. The number of fused-ring (bicyclic) bond motifs is 1. The molecule has 0 spiro atoms. The van der Waals surface area contributed by atoms with E-state index in [1.54, 1.807) is 16.4 Å². The Morgan fingerprint density at radius 3 is 2.48 bits per heavy atom. The summed E-state index contributed by atoms with van der Waals surface area (Å²) in [4.78, 5) is 12.7. The summed E-state index contributed by atoms with van der Waals surface area (Å²) in [6, 6.07) is 15.6. The van der Waals surface area contributed by atoms with Gasteiger partial charge in [0, 0.05) is 32.0 Å². The monoisotopic (exact) mass is 440 g/mol. The highest BCUT2D eigenvalue weighted by Crippen LogP contribution is 2.30. The fourth-order valence-electron chi connectivity index (χ4n) is 4.73. The molecular weight excluding hydrogens is 408 g/mol. The largest absolute Gasteiger partial charge is 0.355 e. The van der Waals surface area contributed by atoms with Crippen LogP contribution in [0.3, 0.4) is 0 Å². The van der Waals surface area contributed by atoms with Crippen LogP contribution in [0.15, 0.2) is 53.4 Å². The minimum absolute atomic E-state index is 0.0491. The van der Waals surface area contributed by atoms with E-state index in [0.29, 0.717) is 43.3 Å². The van der Waals surface area contributed by atoms with E-state index in [4.69, 9.17) is 0 Å². The van der Waals surface area contributed by atoms with Gasteiger partial charge in [0.15, 0.2) is 0 Å². The second-order valence-corrected chi connectivity index (χ2v) is 10.6. The first-order chi connectivity index (χ1) is 15.0. The van der Waals surface area contributed by atoms with Gasteiger partial charge in [-0.15, -0.1) is 0 Å². The Balaban J connectivity index is 1.27. The zero-order chi connectivity index (χ0) is 21.7. The average Bonchev–Trinajstić information content (AvgIpc) is 2.82. The third-order valence-electron chi connectivity index (χ3n) is 6.56. The first-order valence-corrected chi connectivity index (χ1v) is 12.9. The van der Waals surface area contributed by atoms with Gasteiger partial charge in [0.2, 0.25) is 15.9 Å². The number of piperidine rings is 1. The molecule has 1 unspecified atom stereocenters. The summed E-state index contributed by atoms with van der Waals surface area (Å²) >= 11 is 0. The lowest BCUT2D eigenvalue weighted by molar-refractivity contribution is -0.121. The number of rotatable bonds is 7. The first kappa shape index (κ1) is 22.0. The molecule has 1 saturated heterocycles. The van der Waals surface area contributed by atoms with Gasteiger partial charge in [0.05, 0.1) is 4.90 Å². The Morgan fingerprint density at radius 2 is 1.71 bits per heavy atom. The molecule has 1 amide bonds. The molecule has 1 fully saturated rings. The molecule has 2 aliphatic rings. The quantitative estimate of drug-likeness (QED) is 0.707. The maximum Gasteiger partial charge on any atom is 0.243 e. The van der Waals surface area contributed by atoms with E-state index in [9.17, 15) is 13.2 Å². The highest BCUT2D eigenvalue weighted by molar-refractivity contribution is 7.89. The Morgan fingerprint density at radius 1 is 0.968 bits per heavy atom. The van der Waals surface area contributed by atoms with Crippen LogP contribution in [0.4, 0.5) is 0 Å². The van der Waals surface area contributed by atoms with Crippen molar-refractivity contribution in [3.05, 3.63) is 65.2 Å². The van der Waals surface area contributed by atoms with Gasteiger partial charge in [-0.25, -0.2) is 8.42 Å². The van der Waals surface area contributed by atoms with Crippen molar-refractivity contribution < 1.29 is 13.2 Å². The van der Waals surface area contributed by atoms with Crippen molar-refractivity contribution in [2.45, 2.75) is 62.2 Å². The van der Waals surface area contributed by atoms with Crippen LogP contribution in [0, 0.1) is 0 Å². The second kappa shape index (κ2) is 9.96. The normalized spacial score (nSPS) is 19.5. The van der Waals surface area contributed by atoms with Gasteiger partial charge in [0.25, 0.3) is 0 Å². The van der Waals surface area contributed by atoms with Gasteiger partial charge in [-0.3, -0.25) is 4.79 Å². The second-order valence-electron chi connectivity index (χ2n) is 8.70. The molecule has 1 atom stereocenters. The molecule has 31 heavy (non-hydrogen) atoms. The number of nitrogens with one attached hydrogen (secondary N) is 1. The van der Waals surface area contributed by atoms with Gasteiger partial charge in [-0.2, -0.15) is 4.31 Å². The molecule has 6 heteroatoms. The van der Waals surface area contributed by atoms with Crippen molar-refractivity contribution in [3.63, 3.8) is 0 Å². The van der Waals surface area contributed by atoms with Crippen LogP contribution in [0.25, 0.3) is 0 Å². The SMILES string of the molecule is O=C(CCc1ccc(S(=O)(=O)N2CCCCC2)cc1)NCC1CCCc2ccccc21. The van der Waals surface area contributed by atoms with E-state index in [0.717, 1.165) is 37.7 Å². The van der Waals surface area contributed by atoms with Crippen molar-refractivity contribution in [1.82, 2.24) is 9.62 Å². The maximum atomic E-state index is 12.7. The average molecular weight is 441 g/mol. The summed E-state index contributed by atoms with van der Waals surface area (Å²) in [5.74, 6) is 0.446. The molecule has 1 heterocycles. The lowest BCUT2D eigenvalue weighted by atomic mass is 9.83. The first-order valence-electron chi connectivity index (χ1n) is 11.5. The molecule has 166 valence electrons. The summed E-state index contributed by atoms with van der Waals surface area (Å²) < 4.78 is 27.1. The number of carbonyl (C=O) groups is 1. The minimum Gasteiger partial charge on any atom is -0.355 e. The lowest BCUT2D eigenvalue weighted by Crippen LogP contribution is -2.35. The molecule has 1 aliphatic heterocycles. The molecule has 0 aromatic heterocycles. The Bertz CT molecular complexity index is 996. The number of amides is 1. The van der Waals surface area contributed by atoms with E-state index in [1.165, 1.54) is 17.5 Å². The van der Waals surface area contributed by atoms with E-state index < -0.39 is 10.0 Å². The van der Waals surface area contributed by atoms with Gasteiger partial charge >= 0.3 is 0 Å². The summed E-state index contributed by atoms with van der Waals surface area (Å²) in [7, 11) is -3.40. The molecule has 0 saturated carbocycles. The summed E-state index contributed by atoms with van der Waals surface area (Å²) in [6.45, 7) is 1.90. The number of hydrogen-bond acceptors (Lipinski definition) is 3. The maximum absolute atomic E-state index is 12.7. The topological polar surface area (TPSA) is 66.5 Å². The van der Waals surface area contributed by atoms with Crippen molar-refractivity contribution in [1.29, 1.82) is 0 Å². The molecule has 5 nitrogen and oxygen atoms in total. The molecule has 0 bridgehead atoms.